The Kier molecular flexibility index (Phi) is 4.95. The van der Waals surface area contributed by atoms with Crippen molar-refractivity contribution in [2.45, 2.75) is 26.2 Å². The van der Waals surface area contributed by atoms with Gasteiger partial charge in [0.25, 0.3) is 11.6 Å². The number of likely N-dealkylation sites (tertiary alicyclic amines) is 1. The molecule has 1 aliphatic heterocycles. The van der Waals surface area contributed by atoms with Crippen LogP contribution in [0.3, 0.4) is 0 Å². The third-order valence-corrected chi connectivity index (χ3v) is 4.81. The maximum Gasteiger partial charge on any atom is 0.270 e. The summed E-state index contributed by atoms with van der Waals surface area (Å²) in [6.45, 7) is 3.66. The van der Waals surface area contributed by atoms with Crippen molar-refractivity contribution >= 4 is 34.2 Å². The lowest BCUT2D eigenvalue weighted by Gasteiger charge is -2.31. The fourth-order valence-electron chi connectivity index (χ4n) is 2.51. The van der Waals surface area contributed by atoms with E-state index in [2.05, 4.69) is 29.5 Å². The van der Waals surface area contributed by atoms with Crippen LogP contribution in [-0.2, 0) is 0 Å². The summed E-state index contributed by atoms with van der Waals surface area (Å²) >= 11 is 2.05. The van der Waals surface area contributed by atoms with Gasteiger partial charge in [-0.25, -0.2) is 0 Å². The van der Waals surface area contributed by atoms with Crippen LogP contribution in [0.25, 0.3) is 0 Å². The molecule has 0 aliphatic carbocycles. The van der Waals surface area contributed by atoms with Crippen molar-refractivity contribution in [1.82, 2.24) is 4.90 Å². The Balaban J connectivity index is 2.17. The predicted octanol–water partition coefficient (Wildman–Crippen LogP) is 3.46. The maximum atomic E-state index is 12.5. The van der Waals surface area contributed by atoms with Crippen molar-refractivity contribution in [3.8, 4) is 0 Å². The van der Waals surface area contributed by atoms with Crippen LogP contribution in [0.2, 0.25) is 0 Å². The second-order valence-electron chi connectivity index (χ2n) is 5.07. The normalized spacial score (nSPS) is 16.2. The molecule has 1 saturated heterocycles. The van der Waals surface area contributed by atoms with Crippen molar-refractivity contribution in [1.29, 1.82) is 0 Å². The fourth-order valence-corrected chi connectivity index (χ4v) is 3.07. The molecule has 1 heterocycles. The van der Waals surface area contributed by atoms with E-state index in [1.54, 1.807) is 6.07 Å². The zero-order valence-corrected chi connectivity index (χ0v) is 13.5. The van der Waals surface area contributed by atoms with Gasteiger partial charge in [0, 0.05) is 28.8 Å². The number of nitrogens with zero attached hydrogens (tertiary/aromatic N) is 2. The van der Waals surface area contributed by atoms with Crippen LogP contribution in [0.5, 0.6) is 0 Å². The summed E-state index contributed by atoms with van der Waals surface area (Å²) in [5.41, 5.74) is 0.409. The van der Waals surface area contributed by atoms with Crippen LogP contribution < -0.4 is 0 Å². The summed E-state index contributed by atoms with van der Waals surface area (Å²) in [7, 11) is 0. The van der Waals surface area contributed by atoms with Gasteiger partial charge < -0.3 is 4.90 Å². The van der Waals surface area contributed by atoms with Crippen molar-refractivity contribution in [2.75, 3.05) is 13.1 Å². The first kappa shape index (κ1) is 15.2. The van der Waals surface area contributed by atoms with Crippen LogP contribution in [0, 0.1) is 19.6 Å². The summed E-state index contributed by atoms with van der Waals surface area (Å²) in [4.78, 5) is 24.7. The van der Waals surface area contributed by atoms with Gasteiger partial charge >= 0.3 is 0 Å². The average Bonchev–Trinajstić information content (AvgIpc) is 2.47. The number of non-ortho nitro benzene ring substituents is 1. The first-order chi connectivity index (χ1) is 9.52. The van der Waals surface area contributed by atoms with Crippen LogP contribution in [-0.4, -0.2) is 28.8 Å². The molecule has 0 bridgehead atoms. The van der Waals surface area contributed by atoms with E-state index in [1.165, 1.54) is 12.1 Å². The first-order valence-electron chi connectivity index (χ1n) is 6.76. The smallest absolute Gasteiger partial charge is 0.270 e. The van der Waals surface area contributed by atoms with Gasteiger partial charge in [-0.05, 0) is 47.4 Å². The van der Waals surface area contributed by atoms with E-state index in [9.17, 15) is 14.9 Å². The summed E-state index contributed by atoms with van der Waals surface area (Å²) in [5, 5.41) is 10.8. The Labute approximate surface area is 131 Å². The Bertz CT molecular complexity index is 525. The third kappa shape index (κ3) is 3.28. The standard InChI is InChI=1S/C14H17IN2O3/c1-2-10-5-7-16(8-6-10)14(18)12-9-11(17(19)20)3-4-13(12)15/h3-4,9-10H,2,5-8H2,1H3. The molecule has 1 fully saturated rings. The predicted molar refractivity (Wildman–Crippen MR) is 84.7 cm³/mol. The molecule has 0 aromatic heterocycles. The molecule has 1 amide bonds. The Morgan fingerprint density at radius 2 is 2.10 bits per heavy atom. The monoisotopic (exact) mass is 388 g/mol. The highest BCUT2D eigenvalue weighted by molar-refractivity contribution is 14.1. The molecule has 1 aromatic carbocycles. The minimum absolute atomic E-state index is 0.0304. The zero-order chi connectivity index (χ0) is 14.7. The van der Waals surface area contributed by atoms with Crippen LogP contribution in [0.4, 0.5) is 5.69 Å². The maximum absolute atomic E-state index is 12.5. The molecular formula is C14H17IN2O3. The minimum atomic E-state index is -0.462. The van der Waals surface area contributed by atoms with Gasteiger partial charge in [0.15, 0.2) is 0 Å². The molecule has 5 nitrogen and oxygen atoms in total. The van der Waals surface area contributed by atoms with E-state index < -0.39 is 4.92 Å². The molecule has 0 saturated carbocycles. The number of piperidine rings is 1. The molecule has 1 aliphatic rings. The van der Waals surface area contributed by atoms with Gasteiger partial charge in [-0.2, -0.15) is 0 Å². The molecule has 0 N–H and O–H groups in total. The number of nitro groups is 1. The zero-order valence-electron chi connectivity index (χ0n) is 11.3. The number of nitro benzene ring substituents is 1. The fraction of sp³-hybridized carbons (Fsp3) is 0.500. The largest absolute Gasteiger partial charge is 0.339 e. The second-order valence-corrected chi connectivity index (χ2v) is 6.23. The van der Waals surface area contributed by atoms with Crippen LogP contribution in [0.1, 0.15) is 36.5 Å². The highest BCUT2D eigenvalue weighted by Crippen LogP contribution is 2.25. The number of amides is 1. The van der Waals surface area contributed by atoms with E-state index in [0.29, 0.717) is 11.5 Å². The molecule has 0 spiro atoms. The highest BCUT2D eigenvalue weighted by atomic mass is 127. The molecule has 0 unspecified atom stereocenters. The number of hydrogen-bond donors (Lipinski definition) is 0. The topological polar surface area (TPSA) is 63.5 Å². The van der Waals surface area contributed by atoms with Crippen molar-refractivity contribution in [3.63, 3.8) is 0 Å². The van der Waals surface area contributed by atoms with Gasteiger partial charge in [0.2, 0.25) is 0 Å². The average molecular weight is 388 g/mol. The first-order valence-corrected chi connectivity index (χ1v) is 7.84. The van der Waals surface area contributed by atoms with Gasteiger partial charge in [0.1, 0.15) is 0 Å². The molecule has 2 rings (SSSR count). The van der Waals surface area contributed by atoms with Gasteiger partial charge in [-0.3, -0.25) is 14.9 Å². The number of carbonyl (C=O) groups is 1. The lowest BCUT2D eigenvalue weighted by molar-refractivity contribution is -0.384. The molecule has 0 radical (unpaired) electrons. The van der Waals surface area contributed by atoms with Gasteiger partial charge in [-0.15, -0.1) is 0 Å². The van der Waals surface area contributed by atoms with E-state index >= 15 is 0 Å². The Hall–Kier alpha value is -1.18. The number of hydrogen-bond acceptors (Lipinski definition) is 3. The quantitative estimate of drug-likeness (QED) is 0.453. The molecule has 1 aromatic rings. The van der Waals surface area contributed by atoms with Crippen LogP contribution >= 0.6 is 22.6 Å². The van der Waals surface area contributed by atoms with E-state index in [4.69, 9.17) is 0 Å². The van der Waals surface area contributed by atoms with Crippen molar-refractivity contribution in [3.05, 3.63) is 37.4 Å². The minimum Gasteiger partial charge on any atom is -0.339 e. The SMILES string of the molecule is CCC1CCN(C(=O)c2cc([N+](=O)[O-])ccc2I)CC1. The van der Waals surface area contributed by atoms with Gasteiger partial charge in [0.05, 0.1) is 10.5 Å². The summed E-state index contributed by atoms with van der Waals surface area (Å²) in [6, 6.07) is 4.45. The molecule has 0 atom stereocenters. The Morgan fingerprint density at radius 3 is 2.65 bits per heavy atom. The lowest BCUT2D eigenvalue weighted by atomic mass is 9.94. The summed E-state index contributed by atoms with van der Waals surface area (Å²) in [5.74, 6) is 0.607. The molecular weight excluding hydrogens is 371 g/mol. The summed E-state index contributed by atoms with van der Waals surface area (Å²) < 4.78 is 0.760. The summed E-state index contributed by atoms with van der Waals surface area (Å²) in [6.07, 6.45) is 3.19. The third-order valence-electron chi connectivity index (χ3n) is 3.87. The van der Waals surface area contributed by atoms with Crippen molar-refractivity contribution in [2.24, 2.45) is 5.92 Å². The van der Waals surface area contributed by atoms with E-state index in [0.717, 1.165) is 35.9 Å². The highest BCUT2D eigenvalue weighted by Gasteiger charge is 2.25. The molecule has 108 valence electrons. The number of carbonyl (C=O) groups excluding carboxylic acids is 1. The van der Waals surface area contributed by atoms with E-state index in [1.807, 2.05) is 4.90 Å². The number of halogens is 1. The number of rotatable bonds is 3. The molecule has 6 heteroatoms. The van der Waals surface area contributed by atoms with Gasteiger partial charge in [-0.1, -0.05) is 13.3 Å². The number of benzene rings is 1. The second kappa shape index (κ2) is 6.51. The molecule has 20 heavy (non-hydrogen) atoms. The van der Waals surface area contributed by atoms with Crippen molar-refractivity contribution < 1.29 is 9.72 Å². The van der Waals surface area contributed by atoms with E-state index in [-0.39, 0.29) is 11.6 Å². The lowest BCUT2D eigenvalue weighted by Crippen LogP contribution is -2.38. The van der Waals surface area contributed by atoms with Crippen LogP contribution in [0.15, 0.2) is 18.2 Å². The Morgan fingerprint density at radius 1 is 1.45 bits per heavy atom.